The minimum atomic E-state index is -4.42. The van der Waals surface area contributed by atoms with Crippen LogP contribution in [0.2, 0.25) is 5.02 Å². The van der Waals surface area contributed by atoms with Crippen LogP contribution in [0.5, 0.6) is 0 Å². The predicted octanol–water partition coefficient (Wildman–Crippen LogP) is 3.31. The van der Waals surface area contributed by atoms with Crippen LogP contribution in [0.25, 0.3) is 0 Å². The van der Waals surface area contributed by atoms with E-state index >= 15 is 0 Å². The Hall–Kier alpha value is -1.01. The summed E-state index contributed by atoms with van der Waals surface area (Å²) in [6, 6.07) is 1.10. The molecule has 0 radical (unpaired) electrons. The normalized spacial score (nSPS) is 20.9. The van der Waals surface area contributed by atoms with Gasteiger partial charge in [0.05, 0.1) is 10.6 Å². The first kappa shape index (κ1) is 14.4. The maximum Gasteiger partial charge on any atom is 0.417 e. The highest BCUT2D eigenvalue weighted by Crippen LogP contribution is 2.32. The third-order valence-corrected chi connectivity index (χ3v) is 3.37. The standard InChI is InChI=1S/C12H15ClF3N3/c13-10-6-8(12(14,15)16)7-18-11(10)19-9-2-1-4-17-5-3-9/h6-7,9,17H,1-5H2,(H,18,19). The van der Waals surface area contributed by atoms with Crippen molar-refractivity contribution in [3.05, 3.63) is 22.8 Å². The number of rotatable bonds is 2. The summed E-state index contributed by atoms with van der Waals surface area (Å²) in [4.78, 5) is 3.79. The SMILES string of the molecule is FC(F)(F)c1cnc(NC2CCCNCC2)c(Cl)c1. The maximum absolute atomic E-state index is 12.5. The Bertz CT molecular complexity index is 429. The molecule has 0 bridgehead atoms. The Morgan fingerprint density at radius 3 is 2.79 bits per heavy atom. The molecule has 0 aromatic carbocycles. The molecule has 3 nitrogen and oxygen atoms in total. The highest BCUT2D eigenvalue weighted by atomic mass is 35.5. The van der Waals surface area contributed by atoms with Gasteiger partial charge in [-0.2, -0.15) is 13.2 Å². The van der Waals surface area contributed by atoms with Crippen LogP contribution in [0, 0.1) is 0 Å². The molecule has 1 saturated heterocycles. The lowest BCUT2D eigenvalue weighted by molar-refractivity contribution is -0.137. The van der Waals surface area contributed by atoms with Crippen molar-refractivity contribution in [3.63, 3.8) is 0 Å². The van der Waals surface area contributed by atoms with Gasteiger partial charge in [0.1, 0.15) is 5.82 Å². The number of hydrogen-bond acceptors (Lipinski definition) is 3. The van der Waals surface area contributed by atoms with Crippen LogP contribution in [0.3, 0.4) is 0 Å². The van der Waals surface area contributed by atoms with Crippen molar-refractivity contribution >= 4 is 17.4 Å². The Labute approximate surface area is 114 Å². The Morgan fingerprint density at radius 2 is 2.11 bits per heavy atom. The smallest absolute Gasteiger partial charge is 0.366 e. The Morgan fingerprint density at radius 1 is 1.32 bits per heavy atom. The first-order valence-electron chi connectivity index (χ1n) is 6.17. The van der Waals surface area contributed by atoms with Gasteiger partial charge in [0.2, 0.25) is 0 Å². The molecule has 19 heavy (non-hydrogen) atoms. The van der Waals surface area contributed by atoms with E-state index in [1.54, 1.807) is 0 Å². The monoisotopic (exact) mass is 293 g/mol. The summed E-state index contributed by atoms with van der Waals surface area (Å²) < 4.78 is 37.5. The van der Waals surface area contributed by atoms with Gasteiger partial charge in [-0.25, -0.2) is 4.98 Å². The van der Waals surface area contributed by atoms with Crippen LogP contribution in [-0.2, 0) is 6.18 Å². The minimum Gasteiger partial charge on any atom is -0.366 e. The zero-order valence-electron chi connectivity index (χ0n) is 10.2. The molecule has 0 saturated carbocycles. The zero-order valence-corrected chi connectivity index (χ0v) is 11.0. The average Bonchev–Trinajstić information content (AvgIpc) is 2.59. The van der Waals surface area contributed by atoms with Gasteiger partial charge in [-0.1, -0.05) is 11.6 Å². The number of halogens is 4. The third kappa shape index (κ3) is 3.98. The molecule has 106 valence electrons. The molecular weight excluding hydrogens is 279 g/mol. The van der Waals surface area contributed by atoms with Gasteiger partial charge in [0.25, 0.3) is 0 Å². The van der Waals surface area contributed by atoms with Gasteiger partial charge in [0.15, 0.2) is 0 Å². The van der Waals surface area contributed by atoms with Gasteiger partial charge in [-0.05, 0) is 38.4 Å². The van der Waals surface area contributed by atoms with Gasteiger partial charge in [0, 0.05) is 12.2 Å². The van der Waals surface area contributed by atoms with Crippen molar-refractivity contribution in [2.24, 2.45) is 0 Å². The molecule has 2 N–H and O–H groups in total. The fraction of sp³-hybridized carbons (Fsp3) is 0.583. The summed E-state index contributed by atoms with van der Waals surface area (Å²) in [5.74, 6) is 0.321. The summed E-state index contributed by atoms with van der Waals surface area (Å²) in [6.45, 7) is 1.85. The van der Waals surface area contributed by atoms with Gasteiger partial charge < -0.3 is 10.6 Å². The topological polar surface area (TPSA) is 37.0 Å². The van der Waals surface area contributed by atoms with Gasteiger partial charge in [-0.15, -0.1) is 0 Å². The largest absolute Gasteiger partial charge is 0.417 e. The molecule has 1 fully saturated rings. The van der Waals surface area contributed by atoms with E-state index in [2.05, 4.69) is 15.6 Å². The van der Waals surface area contributed by atoms with E-state index < -0.39 is 11.7 Å². The molecule has 0 amide bonds. The number of hydrogen-bond donors (Lipinski definition) is 2. The second-order valence-corrected chi connectivity index (χ2v) is 4.98. The second kappa shape index (κ2) is 5.96. The quantitative estimate of drug-likeness (QED) is 0.878. The first-order chi connectivity index (χ1) is 8.97. The van der Waals surface area contributed by atoms with Crippen molar-refractivity contribution in [3.8, 4) is 0 Å². The van der Waals surface area contributed by atoms with Crippen molar-refractivity contribution in [1.82, 2.24) is 10.3 Å². The van der Waals surface area contributed by atoms with Crippen molar-refractivity contribution in [2.75, 3.05) is 18.4 Å². The highest BCUT2D eigenvalue weighted by Gasteiger charge is 2.31. The van der Waals surface area contributed by atoms with Crippen LogP contribution in [0.4, 0.5) is 19.0 Å². The first-order valence-corrected chi connectivity index (χ1v) is 6.54. The maximum atomic E-state index is 12.5. The summed E-state index contributed by atoms with van der Waals surface area (Å²) >= 11 is 5.85. The van der Waals surface area contributed by atoms with Crippen LogP contribution in [-0.4, -0.2) is 24.1 Å². The van der Waals surface area contributed by atoms with E-state index in [-0.39, 0.29) is 11.1 Å². The average molecular weight is 294 g/mol. The second-order valence-electron chi connectivity index (χ2n) is 4.57. The van der Waals surface area contributed by atoms with Crippen LogP contribution < -0.4 is 10.6 Å². The predicted molar refractivity (Wildman–Crippen MR) is 68.4 cm³/mol. The van der Waals surface area contributed by atoms with E-state index in [0.29, 0.717) is 5.82 Å². The summed E-state index contributed by atoms with van der Waals surface area (Å²) in [7, 11) is 0. The van der Waals surface area contributed by atoms with E-state index in [1.807, 2.05) is 0 Å². The third-order valence-electron chi connectivity index (χ3n) is 3.09. The lowest BCUT2D eigenvalue weighted by atomic mass is 10.1. The van der Waals surface area contributed by atoms with Crippen LogP contribution in [0.15, 0.2) is 12.3 Å². The molecule has 1 unspecified atom stereocenters. The van der Waals surface area contributed by atoms with E-state index in [9.17, 15) is 13.2 Å². The lowest BCUT2D eigenvalue weighted by Gasteiger charge is -2.18. The molecule has 2 heterocycles. The molecular formula is C12H15ClF3N3. The molecule has 1 aliphatic rings. The number of nitrogens with one attached hydrogen (secondary N) is 2. The number of pyridine rings is 1. The summed E-state index contributed by atoms with van der Waals surface area (Å²) in [5, 5.41) is 6.39. The summed E-state index contributed by atoms with van der Waals surface area (Å²) in [5.41, 5.74) is -0.828. The molecule has 0 spiro atoms. The minimum absolute atomic E-state index is 0.00651. The number of nitrogens with zero attached hydrogens (tertiary/aromatic N) is 1. The molecule has 7 heteroatoms. The van der Waals surface area contributed by atoms with Gasteiger partial charge >= 0.3 is 6.18 Å². The highest BCUT2D eigenvalue weighted by molar-refractivity contribution is 6.33. The zero-order chi connectivity index (χ0) is 13.9. The van der Waals surface area contributed by atoms with E-state index in [4.69, 9.17) is 11.6 Å². The number of anilines is 1. The molecule has 1 aromatic heterocycles. The van der Waals surface area contributed by atoms with Crippen LogP contribution in [0.1, 0.15) is 24.8 Å². The molecule has 1 atom stereocenters. The fourth-order valence-electron chi connectivity index (χ4n) is 2.06. The Balaban J connectivity index is 2.08. The van der Waals surface area contributed by atoms with Crippen molar-refractivity contribution in [1.29, 1.82) is 0 Å². The lowest BCUT2D eigenvalue weighted by Crippen LogP contribution is -2.22. The van der Waals surface area contributed by atoms with Crippen LogP contribution >= 0.6 is 11.6 Å². The molecule has 1 aliphatic heterocycles. The van der Waals surface area contributed by atoms with Crippen molar-refractivity contribution < 1.29 is 13.2 Å². The molecule has 2 rings (SSSR count). The van der Waals surface area contributed by atoms with Crippen molar-refractivity contribution in [2.45, 2.75) is 31.5 Å². The van der Waals surface area contributed by atoms with E-state index in [1.165, 1.54) is 0 Å². The molecule has 0 aliphatic carbocycles. The Kier molecular flexibility index (Phi) is 4.52. The number of aromatic nitrogens is 1. The van der Waals surface area contributed by atoms with E-state index in [0.717, 1.165) is 44.6 Å². The number of alkyl halides is 3. The summed E-state index contributed by atoms with van der Waals surface area (Å²) in [6.07, 6.45) is -0.731. The van der Waals surface area contributed by atoms with Gasteiger partial charge in [-0.3, -0.25) is 0 Å². The molecule has 1 aromatic rings. The fourth-order valence-corrected chi connectivity index (χ4v) is 2.28.